The van der Waals surface area contributed by atoms with Crippen LogP contribution in [0.25, 0.3) is 10.6 Å². The highest BCUT2D eigenvalue weighted by Crippen LogP contribution is 2.35. The van der Waals surface area contributed by atoms with Crippen molar-refractivity contribution in [3.8, 4) is 10.6 Å². The van der Waals surface area contributed by atoms with Gasteiger partial charge >= 0.3 is 0 Å². The summed E-state index contributed by atoms with van der Waals surface area (Å²) in [7, 11) is 0. The second-order valence-electron chi connectivity index (χ2n) is 4.94. The van der Waals surface area contributed by atoms with Crippen molar-refractivity contribution < 1.29 is 0 Å². The molecule has 2 aromatic rings. The van der Waals surface area contributed by atoms with E-state index in [9.17, 15) is 0 Å². The van der Waals surface area contributed by atoms with Gasteiger partial charge in [-0.1, -0.05) is 71.9 Å². The van der Waals surface area contributed by atoms with Crippen molar-refractivity contribution in [3.63, 3.8) is 0 Å². The van der Waals surface area contributed by atoms with Gasteiger partial charge in [0, 0.05) is 10.4 Å². The number of hydrogen-bond donors (Lipinski definition) is 0. The van der Waals surface area contributed by atoms with Gasteiger partial charge in [-0.15, -0.1) is 11.3 Å². The quantitative estimate of drug-likeness (QED) is 0.661. The lowest BCUT2D eigenvalue weighted by Crippen LogP contribution is -1.94. The summed E-state index contributed by atoms with van der Waals surface area (Å²) in [5.41, 5.74) is 2.50. The molecule has 1 aromatic heterocycles. The van der Waals surface area contributed by atoms with Gasteiger partial charge in [-0.05, 0) is 11.8 Å². The topological polar surface area (TPSA) is 12.9 Å². The van der Waals surface area contributed by atoms with Crippen molar-refractivity contribution in [2.45, 2.75) is 53.4 Å². The Bertz CT molecular complexity index is 458. The van der Waals surface area contributed by atoms with Gasteiger partial charge < -0.3 is 0 Å². The van der Waals surface area contributed by atoms with Crippen LogP contribution >= 0.6 is 11.3 Å². The van der Waals surface area contributed by atoms with Gasteiger partial charge in [-0.25, -0.2) is 4.98 Å². The number of aromatic nitrogens is 1. The predicted octanol–water partition coefficient (Wildman–Crippen LogP) is 6.08. The van der Waals surface area contributed by atoms with Crippen molar-refractivity contribution in [1.29, 1.82) is 0 Å². The molecule has 0 aliphatic carbocycles. The van der Waals surface area contributed by atoms with Gasteiger partial charge in [0.2, 0.25) is 0 Å². The Morgan fingerprint density at radius 2 is 1.47 bits per heavy atom. The van der Waals surface area contributed by atoms with E-state index in [1.807, 2.05) is 31.3 Å². The van der Waals surface area contributed by atoms with E-state index in [2.05, 4.69) is 52.0 Å². The molecule has 2 rings (SSSR count). The first-order valence-corrected chi connectivity index (χ1v) is 7.97. The Morgan fingerprint density at radius 3 is 1.89 bits per heavy atom. The molecular formula is C17H25NS. The van der Waals surface area contributed by atoms with Crippen LogP contribution in [0.2, 0.25) is 0 Å². The van der Waals surface area contributed by atoms with Crippen molar-refractivity contribution in [1.82, 2.24) is 4.98 Å². The molecule has 0 saturated heterocycles. The molecule has 1 heterocycles. The summed E-state index contributed by atoms with van der Waals surface area (Å²) in [5, 5.41) is 1.15. The van der Waals surface area contributed by atoms with E-state index in [4.69, 9.17) is 4.98 Å². The van der Waals surface area contributed by atoms with E-state index in [0.29, 0.717) is 11.8 Å². The zero-order valence-electron chi connectivity index (χ0n) is 12.9. The summed E-state index contributed by atoms with van der Waals surface area (Å²) < 4.78 is 0. The van der Waals surface area contributed by atoms with Crippen LogP contribution in [0.5, 0.6) is 0 Å². The lowest BCUT2D eigenvalue weighted by atomic mass is 10.0. The molecule has 19 heavy (non-hydrogen) atoms. The van der Waals surface area contributed by atoms with E-state index in [0.717, 1.165) is 5.01 Å². The maximum atomic E-state index is 4.82. The second-order valence-corrected chi connectivity index (χ2v) is 5.97. The minimum Gasteiger partial charge on any atom is -0.241 e. The Balaban J connectivity index is 0.000000861. The summed E-state index contributed by atoms with van der Waals surface area (Å²) in [5.74, 6) is 1.06. The third-order valence-corrected chi connectivity index (χ3v) is 4.19. The molecule has 0 aliphatic heterocycles. The second kappa shape index (κ2) is 7.44. The highest BCUT2D eigenvalue weighted by molar-refractivity contribution is 7.15. The molecule has 0 atom stereocenters. The number of thiazole rings is 1. The van der Waals surface area contributed by atoms with E-state index in [-0.39, 0.29) is 0 Å². The molecule has 0 spiro atoms. The highest BCUT2D eigenvalue weighted by atomic mass is 32.1. The molecule has 0 radical (unpaired) electrons. The van der Waals surface area contributed by atoms with E-state index in [1.54, 1.807) is 0 Å². The van der Waals surface area contributed by atoms with Gasteiger partial charge in [0.15, 0.2) is 0 Å². The summed E-state index contributed by atoms with van der Waals surface area (Å²) >= 11 is 1.84. The maximum absolute atomic E-state index is 4.82. The number of hydrogen-bond acceptors (Lipinski definition) is 2. The zero-order valence-corrected chi connectivity index (χ0v) is 13.7. The summed E-state index contributed by atoms with van der Waals surface area (Å²) in [6.07, 6.45) is 0. The first-order valence-electron chi connectivity index (χ1n) is 7.15. The standard InChI is InChI=1S/C15H19NS.C2H6/c1-10(2)13-14(11(3)4)17-15(16-13)12-8-6-5-7-9-12;1-2/h5-11H,1-4H3;1-2H3. The van der Waals surface area contributed by atoms with Gasteiger partial charge in [-0.3, -0.25) is 0 Å². The molecule has 0 aliphatic rings. The van der Waals surface area contributed by atoms with Gasteiger partial charge in [0.25, 0.3) is 0 Å². The van der Waals surface area contributed by atoms with E-state index < -0.39 is 0 Å². The zero-order chi connectivity index (χ0) is 14.4. The fourth-order valence-electron chi connectivity index (χ4n) is 1.88. The lowest BCUT2D eigenvalue weighted by molar-refractivity contribution is 0.781. The lowest BCUT2D eigenvalue weighted by Gasteiger charge is -2.07. The first-order chi connectivity index (χ1) is 9.09. The summed E-state index contributed by atoms with van der Waals surface area (Å²) in [6.45, 7) is 12.9. The first kappa shape index (κ1) is 15.9. The highest BCUT2D eigenvalue weighted by Gasteiger charge is 2.17. The number of rotatable bonds is 3. The average molecular weight is 275 g/mol. The number of nitrogens with zero attached hydrogens (tertiary/aromatic N) is 1. The third-order valence-electron chi connectivity index (χ3n) is 2.77. The smallest absolute Gasteiger partial charge is 0.123 e. The third kappa shape index (κ3) is 3.90. The maximum Gasteiger partial charge on any atom is 0.123 e. The molecular weight excluding hydrogens is 250 g/mol. The molecule has 0 amide bonds. The normalized spacial score (nSPS) is 10.5. The molecule has 104 valence electrons. The minimum atomic E-state index is 0.501. The largest absolute Gasteiger partial charge is 0.241 e. The molecule has 2 heteroatoms. The van der Waals surface area contributed by atoms with Gasteiger partial charge in [0.05, 0.1) is 5.69 Å². The average Bonchev–Trinajstić information content (AvgIpc) is 2.87. The molecule has 0 fully saturated rings. The van der Waals surface area contributed by atoms with Crippen LogP contribution < -0.4 is 0 Å². The van der Waals surface area contributed by atoms with Crippen LogP contribution in [-0.2, 0) is 0 Å². The van der Waals surface area contributed by atoms with E-state index in [1.165, 1.54) is 16.1 Å². The Kier molecular flexibility index (Phi) is 6.23. The number of benzene rings is 1. The Labute approximate surface area is 121 Å². The molecule has 0 bridgehead atoms. The van der Waals surface area contributed by atoms with Crippen LogP contribution in [0, 0.1) is 0 Å². The molecule has 1 aromatic carbocycles. The SMILES string of the molecule is CC.CC(C)c1nc(-c2ccccc2)sc1C(C)C. The van der Waals surface area contributed by atoms with Crippen molar-refractivity contribution in [2.24, 2.45) is 0 Å². The minimum absolute atomic E-state index is 0.501. The fourth-order valence-corrected chi connectivity index (χ4v) is 3.10. The molecule has 1 nitrogen and oxygen atoms in total. The van der Waals surface area contributed by atoms with Crippen LogP contribution in [0.15, 0.2) is 30.3 Å². The summed E-state index contributed by atoms with van der Waals surface area (Å²) in [4.78, 5) is 6.25. The van der Waals surface area contributed by atoms with Crippen molar-refractivity contribution in [2.75, 3.05) is 0 Å². The Hall–Kier alpha value is -1.15. The van der Waals surface area contributed by atoms with Crippen molar-refractivity contribution >= 4 is 11.3 Å². The molecule has 0 N–H and O–H groups in total. The van der Waals surface area contributed by atoms with Crippen LogP contribution in [0.4, 0.5) is 0 Å². The van der Waals surface area contributed by atoms with Gasteiger partial charge in [-0.2, -0.15) is 0 Å². The van der Waals surface area contributed by atoms with Gasteiger partial charge in [0.1, 0.15) is 5.01 Å². The Morgan fingerprint density at radius 1 is 0.895 bits per heavy atom. The van der Waals surface area contributed by atoms with Crippen LogP contribution in [0.1, 0.15) is 63.9 Å². The molecule has 0 unspecified atom stereocenters. The molecule has 0 saturated carbocycles. The van der Waals surface area contributed by atoms with Crippen LogP contribution in [0.3, 0.4) is 0 Å². The summed E-state index contributed by atoms with van der Waals surface area (Å²) in [6, 6.07) is 10.4. The fraction of sp³-hybridized carbons (Fsp3) is 0.471. The van der Waals surface area contributed by atoms with Crippen molar-refractivity contribution in [3.05, 3.63) is 40.9 Å². The monoisotopic (exact) mass is 275 g/mol. The van der Waals surface area contributed by atoms with E-state index >= 15 is 0 Å². The van der Waals surface area contributed by atoms with Crippen LogP contribution in [-0.4, -0.2) is 4.98 Å². The predicted molar refractivity (Wildman–Crippen MR) is 87.1 cm³/mol.